The van der Waals surface area contributed by atoms with Crippen LogP contribution >= 0.6 is 11.6 Å². The first-order valence-electron chi connectivity index (χ1n) is 5.35. The van der Waals surface area contributed by atoms with E-state index >= 15 is 0 Å². The highest BCUT2D eigenvalue weighted by Crippen LogP contribution is 2.24. The van der Waals surface area contributed by atoms with E-state index in [9.17, 15) is 9.18 Å². The van der Waals surface area contributed by atoms with Gasteiger partial charge in [-0.3, -0.25) is 4.79 Å². The molecule has 0 spiro atoms. The zero-order valence-corrected chi connectivity index (χ0v) is 10.5. The van der Waals surface area contributed by atoms with Crippen molar-refractivity contribution in [1.82, 2.24) is 0 Å². The molecule has 0 aliphatic carbocycles. The highest BCUT2D eigenvalue weighted by molar-refractivity contribution is 6.34. The zero-order chi connectivity index (χ0) is 13.0. The van der Waals surface area contributed by atoms with Gasteiger partial charge in [-0.15, -0.1) is 0 Å². The van der Waals surface area contributed by atoms with Crippen LogP contribution in [-0.2, 0) is 0 Å². The molecule has 17 heavy (non-hydrogen) atoms. The Labute approximate surface area is 105 Å². The van der Waals surface area contributed by atoms with Crippen LogP contribution < -0.4 is 0 Å². The summed E-state index contributed by atoms with van der Waals surface area (Å²) < 4.78 is 13.5. The van der Waals surface area contributed by atoms with E-state index in [1.54, 1.807) is 0 Å². The van der Waals surface area contributed by atoms with Crippen LogP contribution in [0.1, 0.15) is 30.6 Å². The van der Waals surface area contributed by atoms with Crippen LogP contribution in [0.4, 0.5) is 4.39 Å². The van der Waals surface area contributed by atoms with E-state index in [2.05, 4.69) is 0 Å². The molecular formula is C13H13ClFNO. The van der Waals surface area contributed by atoms with Crippen molar-refractivity contribution in [3.05, 3.63) is 34.6 Å². The Bertz CT molecular complexity index is 445. The number of halogens is 2. The Morgan fingerprint density at radius 3 is 2.65 bits per heavy atom. The van der Waals surface area contributed by atoms with Crippen molar-refractivity contribution < 1.29 is 9.18 Å². The quantitative estimate of drug-likeness (QED) is 0.765. The average Bonchev–Trinajstić information content (AvgIpc) is 2.25. The number of Topliss-reactive ketones (excluding diaryl/α,β-unsaturated/α-hetero) is 1. The van der Waals surface area contributed by atoms with Gasteiger partial charge < -0.3 is 0 Å². The molecule has 1 unspecified atom stereocenters. The van der Waals surface area contributed by atoms with Gasteiger partial charge in [-0.2, -0.15) is 5.26 Å². The number of ketones is 1. The Morgan fingerprint density at radius 1 is 1.53 bits per heavy atom. The summed E-state index contributed by atoms with van der Waals surface area (Å²) in [5.74, 6) is -1.87. The molecule has 0 heterocycles. The lowest BCUT2D eigenvalue weighted by Gasteiger charge is -2.12. The summed E-state index contributed by atoms with van der Waals surface area (Å²) in [5.41, 5.74) is -0.179. The number of rotatable bonds is 4. The van der Waals surface area contributed by atoms with Gasteiger partial charge in [0.1, 0.15) is 11.7 Å². The first-order valence-corrected chi connectivity index (χ1v) is 5.73. The van der Waals surface area contributed by atoms with Gasteiger partial charge in [0.25, 0.3) is 0 Å². The molecule has 2 nitrogen and oxygen atoms in total. The van der Waals surface area contributed by atoms with E-state index in [0.717, 1.165) is 0 Å². The van der Waals surface area contributed by atoms with E-state index in [0.29, 0.717) is 6.42 Å². The lowest BCUT2D eigenvalue weighted by atomic mass is 9.90. The molecule has 0 bridgehead atoms. The van der Waals surface area contributed by atoms with Crippen molar-refractivity contribution in [3.8, 4) is 6.07 Å². The van der Waals surface area contributed by atoms with Gasteiger partial charge in [-0.1, -0.05) is 31.5 Å². The monoisotopic (exact) mass is 253 g/mol. The van der Waals surface area contributed by atoms with Crippen LogP contribution in [0.3, 0.4) is 0 Å². The first kappa shape index (κ1) is 13.7. The summed E-state index contributed by atoms with van der Waals surface area (Å²) >= 11 is 5.79. The molecule has 1 aromatic rings. The van der Waals surface area contributed by atoms with Crippen LogP contribution in [0.25, 0.3) is 0 Å². The lowest BCUT2D eigenvalue weighted by Crippen LogP contribution is -2.17. The van der Waals surface area contributed by atoms with E-state index < -0.39 is 17.5 Å². The van der Waals surface area contributed by atoms with Gasteiger partial charge in [-0.25, -0.2) is 4.39 Å². The van der Waals surface area contributed by atoms with Crippen LogP contribution in [0.5, 0.6) is 0 Å². The summed E-state index contributed by atoms with van der Waals surface area (Å²) in [6.07, 6.45) is 0.403. The van der Waals surface area contributed by atoms with E-state index in [1.165, 1.54) is 18.2 Å². The lowest BCUT2D eigenvalue weighted by molar-refractivity contribution is 0.0933. The Balaban J connectivity index is 3.07. The predicted molar refractivity (Wildman–Crippen MR) is 64.3 cm³/mol. The first-order chi connectivity index (χ1) is 7.97. The van der Waals surface area contributed by atoms with Crippen molar-refractivity contribution in [2.24, 2.45) is 11.8 Å². The van der Waals surface area contributed by atoms with Gasteiger partial charge in [0.15, 0.2) is 5.78 Å². The van der Waals surface area contributed by atoms with Crippen LogP contribution in [0.2, 0.25) is 5.02 Å². The van der Waals surface area contributed by atoms with E-state index in [4.69, 9.17) is 16.9 Å². The normalized spacial score (nSPS) is 12.2. The summed E-state index contributed by atoms with van der Waals surface area (Å²) in [6.45, 7) is 3.81. The molecule has 0 aliphatic rings. The predicted octanol–water partition coefficient (Wildman–Crippen LogP) is 3.85. The summed E-state index contributed by atoms with van der Waals surface area (Å²) in [6, 6.07) is 5.96. The number of nitrogens with zero attached hydrogens (tertiary/aromatic N) is 1. The third kappa shape index (κ3) is 3.28. The zero-order valence-electron chi connectivity index (χ0n) is 9.71. The number of carbonyl (C=O) groups excluding carboxylic acids is 1. The standard InChI is InChI=1S/C13H13ClFNO/c1-8(2)6-9(7-16)13(17)12-10(14)4-3-5-11(12)15/h3-5,8-9H,6H2,1-2H3. The number of benzene rings is 1. The third-order valence-corrected chi connectivity index (χ3v) is 2.70. The maximum Gasteiger partial charge on any atom is 0.184 e. The molecule has 0 saturated heterocycles. The maximum absolute atomic E-state index is 13.5. The van der Waals surface area contributed by atoms with Crippen LogP contribution in [0.15, 0.2) is 18.2 Å². The number of carbonyl (C=O) groups is 1. The second-order valence-electron chi connectivity index (χ2n) is 4.27. The molecule has 0 aliphatic heterocycles. The van der Waals surface area contributed by atoms with Crippen molar-refractivity contribution in [2.45, 2.75) is 20.3 Å². The SMILES string of the molecule is CC(C)CC(C#N)C(=O)c1c(F)cccc1Cl. The average molecular weight is 254 g/mol. The topological polar surface area (TPSA) is 40.9 Å². The number of hydrogen-bond acceptors (Lipinski definition) is 2. The van der Waals surface area contributed by atoms with Crippen molar-refractivity contribution in [1.29, 1.82) is 5.26 Å². The molecular weight excluding hydrogens is 241 g/mol. The maximum atomic E-state index is 13.5. The fourth-order valence-corrected chi connectivity index (χ4v) is 1.85. The molecule has 0 saturated carbocycles. The Kier molecular flexibility index (Phi) is 4.65. The molecule has 4 heteroatoms. The number of hydrogen-bond donors (Lipinski definition) is 0. The van der Waals surface area contributed by atoms with Crippen LogP contribution in [-0.4, -0.2) is 5.78 Å². The van der Waals surface area contributed by atoms with E-state index in [-0.39, 0.29) is 16.5 Å². The largest absolute Gasteiger partial charge is 0.293 e. The Hall–Kier alpha value is -1.40. The summed E-state index contributed by atoms with van der Waals surface area (Å²) in [4.78, 5) is 12.0. The minimum Gasteiger partial charge on any atom is -0.293 e. The molecule has 0 aromatic heterocycles. The molecule has 0 radical (unpaired) electrons. The van der Waals surface area contributed by atoms with Gasteiger partial charge in [0.2, 0.25) is 0 Å². The smallest absolute Gasteiger partial charge is 0.184 e. The van der Waals surface area contributed by atoms with Crippen molar-refractivity contribution in [2.75, 3.05) is 0 Å². The summed E-state index contributed by atoms with van der Waals surface area (Å²) in [7, 11) is 0. The molecule has 1 atom stereocenters. The molecule has 1 rings (SSSR count). The molecule has 0 N–H and O–H groups in total. The second kappa shape index (κ2) is 5.79. The molecule has 0 amide bonds. The number of nitriles is 1. The summed E-state index contributed by atoms with van der Waals surface area (Å²) in [5, 5.41) is 9.01. The highest BCUT2D eigenvalue weighted by atomic mass is 35.5. The van der Waals surface area contributed by atoms with Gasteiger partial charge in [-0.05, 0) is 24.5 Å². The highest BCUT2D eigenvalue weighted by Gasteiger charge is 2.25. The van der Waals surface area contributed by atoms with Crippen LogP contribution in [0, 0.1) is 29.0 Å². The third-order valence-electron chi connectivity index (χ3n) is 2.39. The molecule has 90 valence electrons. The fourth-order valence-electron chi connectivity index (χ4n) is 1.60. The van der Waals surface area contributed by atoms with Gasteiger partial charge in [0.05, 0.1) is 16.7 Å². The minimum atomic E-state index is -0.843. The van der Waals surface area contributed by atoms with Crippen molar-refractivity contribution >= 4 is 17.4 Å². The fraction of sp³-hybridized carbons (Fsp3) is 0.385. The second-order valence-corrected chi connectivity index (χ2v) is 4.68. The van der Waals surface area contributed by atoms with Gasteiger partial charge in [0, 0.05) is 0 Å². The molecule has 0 fully saturated rings. The minimum absolute atomic E-state index is 0.0546. The van der Waals surface area contributed by atoms with E-state index in [1.807, 2.05) is 19.9 Å². The van der Waals surface area contributed by atoms with Gasteiger partial charge >= 0.3 is 0 Å². The van der Waals surface area contributed by atoms with Crippen molar-refractivity contribution in [3.63, 3.8) is 0 Å². The molecule has 1 aromatic carbocycles. The Morgan fingerprint density at radius 2 is 2.18 bits per heavy atom.